The van der Waals surface area contributed by atoms with Crippen molar-refractivity contribution in [1.29, 1.82) is 0 Å². The number of likely N-dealkylation sites (tertiary alicyclic amines) is 1. The van der Waals surface area contributed by atoms with E-state index >= 15 is 0 Å². The number of carbonyl (C=O) groups excluding carboxylic acids is 2. The third-order valence-electron chi connectivity index (χ3n) is 10.3. The van der Waals surface area contributed by atoms with E-state index in [-0.39, 0.29) is 48.3 Å². The van der Waals surface area contributed by atoms with E-state index in [4.69, 9.17) is 9.47 Å². The Morgan fingerprint density at radius 1 is 0.776 bits per heavy atom. The van der Waals surface area contributed by atoms with Crippen LogP contribution in [0.25, 0.3) is 11.0 Å². The number of rotatable bonds is 7. The first kappa shape index (κ1) is 31.4. The number of H-pyrrole nitrogens is 1. The molecule has 4 atom stereocenters. The topological polar surface area (TPSA) is 117 Å². The number of para-hydroxylation sites is 2. The van der Waals surface area contributed by atoms with Gasteiger partial charge in [-0.2, -0.15) is 0 Å². The number of imidazole rings is 1. The van der Waals surface area contributed by atoms with Crippen LogP contribution in [0.3, 0.4) is 0 Å². The standard InChI is InChI=1S/C39H38N4O6/c1-24-34(22-41-20-18-29(19-21-41)42-33-9-5-4-8-32(33)40-39(42)47)48-38(49-35(24)26-12-10-25(23-44)11-13-26)27-14-16-28(17-15-27)43-36(45)30-6-2-3-7-31(30)37(43)46/h2-17,24,29,34-35,38,44H,18-23H2,1H3,(H,40,47). The van der Waals surface area contributed by atoms with Crippen LogP contribution in [-0.2, 0) is 16.1 Å². The van der Waals surface area contributed by atoms with Crippen molar-refractivity contribution >= 4 is 28.5 Å². The van der Waals surface area contributed by atoms with Gasteiger partial charge in [-0.25, -0.2) is 9.69 Å². The first-order chi connectivity index (χ1) is 23.9. The number of fused-ring (bicyclic) bond motifs is 2. The van der Waals surface area contributed by atoms with Crippen molar-refractivity contribution in [2.45, 2.75) is 50.9 Å². The minimum Gasteiger partial charge on any atom is -0.392 e. The van der Waals surface area contributed by atoms with Gasteiger partial charge in [-0.15, -0.1) is 0 Å². The van der Waals surface area contributed by atoms with Crippen molar-refractivity contribution in [2.24, 2.45) is 5.92 Å². The number of hydrogen-bond acceptors (Lipinski definition) is 7. The molecule has 10 nitrogen and oxygen atoms in total. The molecule has 3 aliphatic rings. The van der Waals surface area contributed by atoms with Crippen molar-refractivity contribution in [3.63, 3.8) is 0 Å². The molecule has 4 unspecified atom stereocenters. The molecule has 49 heavy (non-hydrogen) atoms. The summed E-state index contributed by atoms with van der Waals surface area (Å²) < 4.78 is 15.3. The summed E-state index contributed by atoms with van der Waals surface area (Å²) in [5.41, 5.74) is 5.66. The minimum absolute atomic E-state index is 0.0165. The number of aliphatic hydroxyl groups excluding tert-OH is 1. The number of piperidine rings is 1. The third kappa shape index (κ3) is 5.70. The van der Waals surface area contributed by atoms with Crippen molar-refractivity contribution < 1.29 is 24.2 Å². The summed E-state index contributed by atoms with van der Waals surface area (Å²) in [7, 11) is 0. The highest BCUT2D eigenvalue weighted by molar-refractivity contribution is 6.34. The van der Waals surface area contributed by atoms with E-state index in [1.807, 2.05) is 65.2 Å². The van der Waals surface area contributed by atoms with Gasteiger partial charge in [0.2, 0.25) is 0 Å². The molecule has 2 fully saturated rings. The molecule has 2 amide bonds. The number of amides is 2. The average molecular weight is 659 g/mol. The van der Waals surface area contributed by atoms with Crippen LogP contribution in [0.2, 0.25) is 0 Å². The molecule has 8 rings (SSSR count). The molecule has 2 saturated heterocycles. The Morgan fingerprint density at radius 3 is 2.08 bits per heavy atom. The van der Waals surface area contributed by atoms with Gasteiger partial charge in [0.05, 0.1) is 46.7 Å². The third-order valence-corrected chi connectivity index (χ3v) is 10.3. The van der Waals surface area contributed by atoms with Gasteiger partial charge in [-0.3, -0.25) is 14.2 Å². The summed E-state index contributed by atoms with van der Waals surface area (Å²) >= 11 is 0. The summed E-state index contributed by atoms with van der Waals surface area (Å²) in [5, 5.41) is 9.61. The van der Waals surface area contributed by atoms with E-state index in [0.717, 1.165) is 53.7 Å². The zero-order chi connectivity index (χ0) is 33.6. The predicted molar refractivity (Wildman–Crippen MR) is 184 cm³/mol. The van der Waals surface area contributed by atoms with E-state index in [1.165, 1.54) is 4.90 Å². The Bertz CT molecular complexity index is 2030. The predicted octanol–water partition coefficient (Wildman–Crippen LogP) is 5.75. The second-order valence-corrected chi connectivity index (χ2v) is 13.3. The van der Waals surface area contributed by atoms with Gasteiger partial charge in [-0.05, 0) is 60.4 Å². The molecule has 0 radical (unpaired) electrons. The number of aliphatic hydroxyl groups is 1. The molecule has 5 aromatic rings. The van der Waals surface area contributed by atoms with E-state index in [0.29, 0.717) is 23.4 Å². The monoisotopic (exact) mass is 658 g/mol. The van der Waals surface area contributed by atoms with Gasteiger partial charge in [0, 0.05) is 37.2 Å². The number of benzene rings is 4. The zero-order valence-corrected chi connectivity index (χ0v) is 27.2. The lowest BCUT2D eigenvalue weighted by atomic mass is 9.89. The van der Waals surface area contributed by atoms with Gasteiger partial charge in [0.1, 0.15) is 0 Å². The molecule has 4 aromatic carbocycles. The van der Waals surface area contributed by atoms with Gasteiger partial charge >= 0.3 is 5.69 Å². The van der Waals surface area contributed by atoms with Gasteiger partial charge < -0.3 is 24.5 Å². The number of nitrogens with one attached hydrogen (secondary N) is 1. The highest BCUT2D eigenvalue weighted by Gasteiger charge is 2.40. The SMILES string of the molecule is CC1C(CN2CCC(n3c(=O)[nH]c4ccccc43)CC2)OC(c2ccc(N3C(=O)c4ccccc4C3=O)cc2)OC1c1ccc(CO)cc1. The maximum atomic E-state index is 13.1. The number of imide groups is 1. The summed E-state index contributed by atoms with van der Waals surface area (Å²) in [6, 6.07) is 29.9. The van der Waals surface area contributed by atoms with Crippen molar-refractivity contribution in [3.8, 4) is 0 Å². The first-order valence-electron chi connectivity index (χ1n) is 16.9. The normalized spacial score (nSPS) is 23.3. The van der Waals surface area contributed by atoms with E-state index < -0.39 is 6.29 Å². The molecule has 0 spiro atoms. The van der Waals surface area contributed by atoms with Crippen LogP contribution in [0, 0.1) is 5.92 Å². The number of ether oxygens (including phenoxy) is 2. The second kappa shape index (κ2) is 12.9. The van der Waals surface area contributed by atoms with Crippen LogP contribution in [-0.4, -0.2) is 57.1 Å². The highest BCUT2D eigenvalue weighted by atomic mass is 16.7. The lowest BCUT2D eigenvalue weighted by Crippen LogP contribution is -2.47. The number of aromatic amines is 1. The number of hydrogen-bond donors (Lipinski definition) is 2. The van der Waals surface area contributed by atoms with Gasteiger partial charge in [0.25, 0.3) is 11.8 Å². The number of aromatic nitrogens is 2. The van der Waals surface area contributed by atoms with Crippen molar-refractivity contribution in [1.82, 2.24) is 14.5 Å². The molecule has 2 N–H and O–H groups in total. The minimum atomic E-state index is -0.678. The maximum absolute atomic E-state index is 13.1. The smallest absolute Gasteiger partial charge is 0.326 e. The lowest BCUT2D eigenvalue weighted by molar-refractivity contribution is -0.276. The van der Waals surface area contributed by atoms with Crippen molar-refractivity contribution in [2.75, 3.05) is 24.5 Å². The van der Waals surface area contributed by atoms with Crippen LogP contribution in [0.5, 0.6) is 0 Å². The number of nitrogens with zero attached hydrogens (tertiary/aromatic N) is 3. The van der Waals surface area contributed by atoms with E-state index in [9.17, 15) is 19.5 Å². The average Bonchev–Trinajstić information content (AvgIpc) is 3.61. The fraction of sp³-hybridized carbons (Fsp3) is 0.308. The number of carbonyl (C=O) groups is 2. The van der Waals surface area contributed by atoms with Crippen LogP contribution in [0.4, 0.5) is 5.69 Å². The molecule has 4 heterocycles. The molecule has 3 aliphatic heterocycles. The quantitative estimate of drug-likeness (QED) is 0.214. The molecular formula is C39H38N4O6. The van der Waals surface area contributed by atoms with E-state index in [1.54, 1.807) is 36.4 Å². The Morgan fingerprint density at radius 2 is 1.41 bits per heavy atom. The fourth-order valence-electron chi connectivity index (χ4n) is 7.58. The first-order valence-corrected chi connectivity index (χ1v) is 16.9. The largest absolute Gasteiger partial charge is 0.392 e. The fourth-order valence-corrected chi connectivity index (χ4v) is 7.58. The number of anilines is 1. The summed E-state index contributed by atoms with van der Waals surface area (Å²) in [6.45, 7) is 4.49. The molecule has 0 aliphatic carbocycles. The van der Waals surface area contributed by atoms with Crippen LogP contribution in [0.1, 0.15) is 75.6 Å². The highest BCUT2D eigenvalue weighted by Crippen LogP contribution is 2.43. The lowest BCUT2D eigenvalue weighted by Gasteiger charge is -2.44. The van der Waals surface area contributed by atoms with Crippen LogP contribution < -0.4 is 10.6 Å². The molecule has 250 valence electrons. The van der Waals surface area contributed by atoms with Crippen molar-refractivity contribution in [3.05, 3.63) is 135 Å². The molecular weight excluding hydrogens is 620 g/mol. The zero-order valence-electron chi connectivity index (χ0n) is 27.2. The second-order valence-electron chi connectivity index (χ2n) is 13.3. The Hall–Kier alpha value is -4.87. The molecule has 0 saturated carbocycles. The molecule has 0 bridgehead atoms. The molecule has 1 aromatic heterocycles. The van der Waals surface area contributed by atoms with Crippen LogP contribution in [0.15, 0.2) is 102 Å². The summed E-state index contributed by atoms with van der Waals surface area (Å²) in [5.74, 6) is -0.655. The maximum Gasteiger partial charge on any atom is 0.326 e. The van der Waals surface area contributed by atoms with Gasteiger partial charge in [0.15, 0.2) is 6.29 Å². The van der Waals surface area contributed by atoms with E-state index in [2.05, 4.69) is 16.8 Å². The Balaban J connectivity index is 1.01. The summed E-state index contributed by atoms with van der Waals surface area (Å²) in [4.78, 5) is 45.6. The molecule has 10 heteroatoms. The Labute approximate surface area is 283 Å². The van der Waals surface area contributed by atoms with Gasteiger partial charge in [-0.1, -0.05) is 67.6 Å². The van der Waals surface area contributed by atoms with Crippen LogP contribution >= 0.6 is 0 Å². The Kier molecular flexibility index (Phi) is 8.25. The summed E-state index contributed by atoms with van der Waals surface area (Å²) in [6.07, 6.45) is 0.601.